The van der Waals surface area contributed by atoms with Crippen LogP contribution in [0.5, 0.6) is 0 Å². The Hall–Kier alpha value is -2.10. The van der Waals surface area contributed by atoms with Gasteiger partial charge in [-0.05, 0) is 23.1 Å². The van der Waals surface area contributed by atoms with Gasteiger partial charge in [-0.1, -0.05) is 12.1 Å². The Bertz CT molecular complexity index is 613. The van der Waals surface area contributed by atoms with Crippen molar-refractivity contribution >= 4 is 16.7 Å². The first-order chi connectivity index (χ1) is 7.58. The fraction of sp³-hybridized carbons (Fsp3) is 0.167. The third-order valence-electron chi connectivity index (χ3n) is 2.50. The highest BCUT2D eigenvalue weighted by Gasteiger charge is 2.04. The summed E-state index contributed by atoms with van der Waals surface area (Å²) < 4.78 is 1.48. The zero-order valence-corrected chi connectivity index (χ0v) is 8.80. The Balaban J connectivity index is 2.64. The number of fused-ring (bicyclic) bond motifs is 1. The summed E-state index contributed by atoms with van der Waals surface area (Å²) in [4.78, 5) is 22.4. The van der Waals surface area contributed by atoms with E-state index >= 15 is 0 Å². The van der Waals surface area contributed by atoms with E-state index in [1.165, 1.54) is 4.57 Å². The molecule has 0 unspecified atom stereocenters. The largest absolute Gasteiger partial charge is 0.481 e. The minimum absolute atomic E-state index is 0.0615. The van der Waals surface area contributed by atoms with Crippen molar-refractivity contribution in [3.8, 4) is 0 Å². The summed E-state index contributed by atoms with van der Waals surface area (Å²) >= 11 is 0. The van der Waals surface area contributed by atoms with Crippen LogP contribution in [0.3, 0.4) is 0 Å². The van der Waals surface area contributed by atoms with Gasteiger partial charge in [-0.2, -0.15) is 0 Å². The maximum absolute atomic E-state index is 11.8. The first-order valence-corrected chi connectivity index (χ1v) is 4.88. The quantitative estimate of drug-likeness (QED) is 0.821. The molecule has 0 aliphatic carbocycles. The summed E-state index contributed by atoms with van der Waals surface area (Å²) in [6.45, 7) is 0. The number of hydrogen-bond donors (Lipinski definition) is 1. The van der Waals surface area contributed by atoms with Crippen molar-refractivity contribution < 1.29 is 9.90 Å². The van der Waals surface area contributed by atoms with E-state index in [0.717, 1.165) is 5.39 Å². The highest BCUT2D eigenvalue weighted by Crippen LogP contribution is 2.12. The topological polar surface area (TPSA) is 59.3 Å². The molecule has 2 aromatic rings. The average molecular weight is 217 g/mol. The van der Waals surface area contributed by atoms with Crippen LogP contribution in [0.25, 0.3) is 10.8 Å². The van der Waals surface area contributed by atoms with Crippen molar-refractivity contribution in [3.05, 3.63) is 46.4 Å². The van der Waals surface area contributed by atoms with Gasteiger partial charge in [0.25, 0.3) is 5.56 Å². The molecule has 1 aromatic heterocycles. The Kier molecular flexibility index (Phi) is 2.48. The lowest BCUT2D eigenvalue weighted by Gasteiger charge is -2.03. The van der Waals surface area contributed by atoms with Crippen LogP contribution in [0.1, 0.15) is 5.56 Å². The standard InChI is InChI=1S/C12H11NO3/c1-13-5-4-9-3-2-8(7-11(14)15)6-10(9)12(13)16/h2-6H,7H2,1H3,(H,14,15). The van der Waals surface area contributed by atoms with E-state index in [1.54, 1.807) is 31.4 Å². The summed E-state index contributed by atoms with van der Waals surface area (Å²) in [5.74, 6) is -0.896. The fourth-order valence-electron chi connectivity index (χ4n) is 1.67. The van der Waals surface area contributed by atoms with Gasteiger partial charge in [-0.15, -0.1) is 0 Å². The van der Waals surface area contributed by atoms with Crippen LogP contribution in [0.2, 0.25) is 0 Å². The Morgan fingerprint density at radius 1 is 1.38 bits per heavy atom. The van der Waals surface area contributed by atoms with Crippen molar-refractivity contribution in [2.75, 3.05) is 0 Å². The third kappa shape index (κ3) is 1.82. The van der Waals surface area contributed by atoms with Crippen molar-refractivity contribution in [2.45, 2.75) is 6.42 Å². The van der Waals surface area contributed by atoms with E-state index in [-0.39, 0.29) is 12.0 Å². The van der Waals surface area contributed by atoms with Gasteiger partial charge in [-0.3, -0.25) is 9.59 Å². The van der Waals surface area contributed by atoms with Crippen molar-refractivity contribution in [2.24, 2.45) is 7.05 Å². The molecule has 1 N–H and O–H groups in total. The summed E-state index contributed by atoms with van der Waals surface area (Å²) in [6, 6.07) is 6.98. The minimum atomic E-state index is -0.896. The number of aryl methyl sites for hydroxylation is 1. The lowest BCUT2D eigenvalue weighted by molar-refractivity contribution is -0.136. The summed E-state index contributed by atoms with van der Waals surface area (Å²) in [5, 5.41) is 10.1. The van der Waals surface area contributed by atoms with Crippen LogP contribution in [0.15, 0.2) is 35.3 Å². The van der Waals surface area contributed by atoms with Gasteiger partial charge in [0.15, 0.2) is 0 Å². The second-order valence-corrected chi connectivity index (χ2v) is 3.72. The molecule has 4 heteroatoms. The molecule has 2 rings (SSSR count). The lowest BCUT2D eigenvalue weighted by Crippen LogP contribution is -2.15. The lowest BCUT2D eigenvalue weighted by atomic mass is 10.1. The molecule has 1 heterocycles. The fourth-order valence-corrected chi connectivity index (χ4v) is 1.67. The molecule has 0 atom stereocenters. The van der Waals surface area contributed by atoms with E-state index in [0.29, 0.717) is 10.9 Å². The smallest absolute Gasteiger partial charge is 0.307 e. The molecule has 0 spiro atoms. The number of pyridine rings is 1. The molecule has 4 nitrogen and oxygen atoms in total. The Morgan fingerprint density at radius 2 is 2.12 bits per heavy atom. The highest BCUT2D eigenvalue weighted by molar-refractivity contribution is 5.83. The molecule has 0 fully saturated rings. The zero-order valence-electron chi connectivity index (χ0n) is 8.80. The number of benzene rings is 1. The number of carboxylic acids is 1. The first kappa shape index (κ1) is 10.4. The molecule has 0 aliphatic heterocycles. The third-order valence-corrected chi connectivity index (χ3v) is 2.50. The number of nitrogens with zero attached hydrogens (tertiary/aromatic N) is 1. The number of carbonyl (C=O) groups is 1. The number of aromatic nitrogens is 1. The van der Waals surface area contributed by atoms with Gasteiger partial charge in [0.2, 0.25) is 0 Å². The number of rotatable bonds is 2. The van der Waals surface area contributed by atoms with Crippen molar-refractivity contribution in [1.29, 1.82) is 0 Å². The molecular weight excluding hydrogens is 206 g/mol. The van der Waals surface area contributed by atoms with Crippen molar-refractivity contribution in [3.63, 3.8) is 0 Å². The summed E-state index contributed by atoms with van der Waals surface area (Å²) in [5.41, 5.74) is 0.535. The normalized spacial score (nSPS) is 10.6. The van der Waals surface area contributed by atoms with Gasteiger partial charge in [0.05, 0.1) is 6.42 Å². The van der Waals surface area contributed by atoms with Gasteiger partial charge in [0, 0.05) is 18.6 Å². The van der Waals surface area contributed by atoms with Gasteiger partial charge in [0.1, 0.15) is 0 Å². The molecule has 0 radical (unpaired) electrons. The molecule has 0 aliphatic rings. The second kappa shape index (κ2) is 3.81. The maximum atomic E-state index is 11.8. The molecule has 82 valence electrons. The van der Waals surface area contributed by atoms with Crippen LogP contribution in [-0.4, -0.2) is 15.6 Å². The summed E-state index contributed by atoms with van der Waals surface area (Å²) in [7, 11) is 1.67. The SMILES string of the molecule is Cn1ccc2ccc(CC(=O)O)cc2c1=O. The highest BCUT2D eigenvalue weighted by atomic mass is 16.4. The molecule has 0 amide bonds. The van der Waals surface area contributed by atoms with Crippen LogP contribution < -0.4 is 5.56 Å². The number of hydrogen-bond acceptors (Lipinski definition) is 2. The Morgan fingerprint density at radius 3 is 2.81 bits per heavy atom. The van der Waals surface area contributed by atoms with E-state index in [4.69, 9.17) is 5.11 Å². The minimum Gasteiger partial charge on any atom is -0.481 e. The molecule has 16 heavy (non-hydrogen) atoms. The number of aliphatic carboxylic acids is 1. The van der Waals surface area contributed by atoms with E-state index in [9.17, 15) is 9.59 Å². The molecule has 0 saturated carbocycles. The van der Waals surface area contributed by atoms with Crippen LogP contribution in [0.4, 0.5) is 0 Å². The van der Waals surface area contributed by atoms with Crippen molar-refractivity contribution in [1.82, 2.24) is 4.57 Å². The van der Waals surface area contributed by atoms with Crippen LogP contribution in [-0.2, 0) is 18.3 Å². The van der Waals surface area contributed by atoms with E-state index in [2.05, 4.69) is 0 Å². The summed E-state index contributed by atoms with van der Waals surface area (Å²) in [6.07, 6.45) is 1.63. The first-order valence-electron chi connectivity index (χ1n) is 4.88. The van der Waals surface area contributed by atoms with Gasteiger partial charge < -0.3 is 9.67 Å². The predicted molar refractivity (Wildman–Crippen MR) is 60.5 cm³/mol. The monoisotopic (exact) mass is 217 g/mol. The van der Waals surface area contributed by atoms with Crippen LogP contribution >= 0.6 is 0 Å². The van der Waals surface area contributed by atoms with E-state index < -0.39 is 5.97 Å². The predicted octanol–water partition coefficient (Wildman–Crippen LogP) is 1.17. The maximum Gasteiger partial charge on any atom is 0.307 e. The zero-order chi connectivity index (χ0) is 11.7. The average Bonchev–Trinajstić information content (AvgIpc) is 2.23. The van der Waals surface area contributed by atoms with Gasteiger partial charge in [-0.25, -0.2) is 0 Å². The molecular formula is C12H11NO3. The van der Waals surface area contributed by atoms with E-state index in [1.807, 2.05) is 6.07 Å². The molecule has 1 aromatic carbocycles. The van der Waals surface area contributed by atoms with Crippen LogP contribution in [0, 0.1) is 0 Å². The van der Waals surface area contributed by atoms with Gasteiger partial charge >= 0.3 is 5.97 Å². The number of carboxylic acid groups (broad SMARTS) is 1. The molecule has 0 saturated heterocycles. The Labute approximate surface area is 91.8 Å². The molecule has 0 bridgehead atoms. The second-order valence-electron chi connectivity index (χ2n) is 3.72.